The van der Waals surface area contributed by atoms with Crippen LogP contribution in [0.5, 0.6) is 5.75 Å². The molecule has 3 rings (SSSR count). The van der Waals surface area contributed by atoms with Crippen LogP contribution in [0.25, 0.3) is 0 Å². The first-order valence-corrected chi connectivity index (χ1v) is 10.2. The second kappa shape index (κ2) is 9.17. The molecule has 1 saturated carbocycles. The van der Waals surface area contributed by atoms with Crippen LogP contribution in [0.1, 0.15) is 38.2 Å². The van der Waals surface area contributed by atoms with Crippen molar-refractivity contribution in [3.63, 3.8) is 0 Å². The van der Waals surface area contributed by atoms with Crippen LogP contribution < -0.4 is 10.1 Å². The van der Waals surface area contributed by atoms with Gasteiger partial charge in [0.05, 0.1) is 7.11 Å². The first-order chi connectivity index (χ1) is 13.1. The van der Waals surface area contributed by atoms with E-state index in [1.807, 2.05) is 16.3 Å². The van der Waals surface area contributed by atoms with Crippen LogP contribution in [-0.2, 0) is 6.42 Å². The molecule has 1 aromatic heterocycles. The summed E-state index contributed by atoms with van der Waals surface area (Å²) in [7, 11) is 1.45. The zero-order valence-corrected chi connectivity index (χ0v) is 16.6. The molecule has 1 aliphatic rings. The molecule has 0 unspecified atom stereocenters. The van der Waals surface area contributed by atoms with Crippen LogP contribution in [-0.4, -0.2) is 35.6 Å². The van der Waals surface area contributed by atoms with Crippen LogP contribution >= 0.6 is 11.3 Å². The Balaban J connectivity index is 1.69. The van der Waals surface area contributed by atoms with Crippen molar-refractivity contribution in [3.8, 4) is 5.75 Å². The quantitative estimate of drug-likeness (QED) is 0.758. The summed E-state index contributed by atoms with van der Waals surface area (Å²) in [6.45, 7) is 2.80. The molecule has 2 aromatic rings. The molecule has 2 amide bonds. The molecule has 0 saturated heterocycles. The number of carbonyl (C=O) groups excluding carboxylic acids is 1. The number of anilines is 1. The van der Waals surface area contributed by atoms with Gasteiger partial charge in [-0.15, -0.1) is 11.3 Å². The maximum atomic E-state index is 14.0. The number of halogens is 1. The van der Waals surface area contributed by atoms with E-state index in [0.717, 1.165) is 31.2 Å². The molecule has 1 fully saturated rings. The van der Waals surface area contributed by atoms with Gasteiger partial charge in [0, 0.05) is 24.2 Å². The minimum absolute atomic E-state index is 0.126. The topological polar surface area (TPSA) is 54.5 Å². The third-order valence-electron chi connectivity index (χ3n) is 5.19. The molecule has 1 N–H and O–H groups in total. The number of hydrogen-bond donors (Lipinski definition) is 1. The van der Waals surface area contributed by atoms with Gasteiger partial charge in [-0.3, -0.25) is 5.32 Å². The second-order valence-corrected chi connectivity index (χ2v) is 7.99. The van der Waals surface area contributed by atoms with Gasteiger partial charge < -0.3 is 9.64 Å². The number of hydrogen-bond acceptors (Lipinski definition) is 4. The Morgan fingerprint density at radius 1 is 1.37 bits per heavy atom. The molecule has 5 nitrogen and oxygen atoms in total. The molecule has 0 bridgehead atoms. The van der Waals surface area contributed by atoms with Gasteiger partial charge >= 0.3 is 6.03 Å². The summed E-state index contributed by atoms with van der Waals surface area (Å²) in [5, 5.41) is 5.33. The Hall–Kier alpha value is -2.15. The average Bonchev–Trinajstić information content (AvgIpc) is 3.16. The van der Waals surface area contributed by atoms with E-state index in [-0.39, 0.29) is 23.6 Å². The highest BCUT2D eigenvalue weighted by Crippen LogP contribution is 2.28. The van der Waals surface area contributed by atoms with Crippen molar-refractivity contribution in [1.82, 2.24) is 9.88 Å². The van der Waals surface area contributed by atoms with Crippen LogP contribution in [0.2, 0.25) is 0 Å². The summed E-state index contributed by atoms with van der Waals surface area (Å²) >= 11 is 1.40. The first kappa shape index (κ1) is 19.6. The van der Waals surface area contributed by atoms with Gasteiger partial charge in [0.25, 0.3) is 0 Å². The van der Waals surface area contributed by atoms with E-state index in [9.17, 15) is 9.18 Å². The zero-order valence-electron chi connectivity index (χ0n) is 15.8. The number of rotatable bonds is 6. The van der Waals surface area contributed by atoms with E-state index in [0.29, 0.717) is 24.0 Å². The maximum Gasteiger partial charge on any atom is 0.323 e. The van der Waals surface area contributed by atoms with E-state index in [4.69, 9.17) is 4.74 Å². The maximum absolute atomic E-state index is 14.0. The third kappa shape index (κ3) is 5.19. The van der Waals surface area contributed by atoms with Crippen LogP contribution in [0, 0.1) is 11.7 Å². The molecule has 0 radical (unpaired) electrons. The molecular weight excluding hydrogens is 365 g/mol. The van der Waals surface area contributed by atoms with Gasteiger partial charge in [0.15, 0.2) is 16.7 Å². The predicted molar refractivity (Wildman–Crippen MR) is 106 cm³/mol. The Morgan fingerprint density at radius 2 is 2.15 bits per heavy atom. The monoisotopic (exact) mass is 391 g/mol. The molecule has 1 aromatic carbocycles. The highest BCUT2D eigenvalue weighted by atomic mass is 32.1. The molecule has 27 heavy (non-hydrogen) atoms. The number of benzene rings is 1. The predicted octanol–water partition coefficient (Wildman–Crippen LogP) is 4.95. The van der Waals surface area contributed by atoms with Crippen molar-refractivity contribution in [2.24, 2.45) is 5.92 Å². The van der Waals surface area contributed by atoms with Crippen molar-refractivity contribution in [2.75, 3.05) is 19.0 Å². The summed E-state index contributed by atoms with van der Waals surface area (Å²) in [5.41, 5.74) is 0.851. The molecular formula is C20H26FN3O2S. The van der Waals surface area contributed by atoms with Gasteiger partial charge in [0.1, 0.15) is 0 Å². The Bertz CT molecular complexity index is 746. The molecule has 146 valence electrons. The fourth-order valence-electron chi connectivity index (χ4n) is 3.57. The van der Waals surface area contributed by atoms with Crippen molar-refractivity contribution in [3.05, 3.63) is 41.2 Å². The smallest absolute Gasteiger partial charge is 0.323 e. The average molecular weight is 392 g/mol. The SMILES string of the molecule is COc1ccc(CCN(C(=O)Nc2nccs2)C2CCC(C)CC2)cc1F. The number of methoxy groups -OCH3 is 1. The van der Waals surface area contributed by atoms with Crippen molar-refractivity contribution in [1.29, 1.82) is 0 Å². The minimum Gasteiger partial charge on any atom is -0.494 e. The van der Waals surface area contributed by atoms with Crippen LogP contribution in [0.15, 0.2) is 29.8 Å². The summed E-state index contributed by atoms with van der Waals surface area (Å²) < 4.78 is 18.9. The highest BCUT2D eigenvalue weighted by molar-refractivity contribution is 7.13. The van der Waals surface area contributed by atoms with Crippen LogP contribution in [0.4, 0.5) is 14.3 Å². The molecule has 1 aliphatic carbocycles. The molecule has 0 atom stereocenters. The molecule has 1 heterocycles. The lowest BCUT2D eigenvalue weighted by molar-refractivity contribution is 0.157. The number of thiazole rings is 1. The fraction of sp³-hybridized carbons (Fsp3) is 0.500. The van der Waals surface area contributed by atoms with E-state index in [1.54, 1.807) is 12.3 Å². The largest absolute Gasteiger partial charge is 0.494 e. The normalized spacial score (nSPS) is 19.5. The van der Waals surface area contributed by atoms with E-state index < -0.39 is 0 Å². The molecule has 0 aliphatic heterocycles. The fourth-order valence-corrected chi connectivity index (χ4v) is 4.09. The third-order valence-corrected chi connectivity index (χ3v) is 5.88. The second-order valence-electron chi connectivity index (χ2n) is 7.09. The number of amides is 2. The first-order valence-electron chi connectivity index (χ1n) is 9.36. The standard InChI is InChI=1S/C20H26FN3O2S/c1-14-3-6-16(7-4-14)24(20(25)23-19-22-10-12-27-19)11-9-15-5-8-18(26-2)17(21)13-15/h5,8,10,12-14,16H,3-4,6-7,9,11H2,1-2H3,(H,22,23,25). The minimum atomic E-state index is -0.375. The van der Waals surface area contributed by atoms with Gasteiger partial charge in [0.2, 0.25) is 0 Å². The van der Waals surface area contributed by atoms with E-state index in [1.165, 1.54) is 24.5 Å². The summed E-state index contributed by atoms with van der Waals surface area (Å²) in [6.07, 6.45) is 6.53. The summed E-state index contributed by atoms with van der Waals surface area (Å²) in [5.74, 6) is 0.569. The van der Waals surface area contributed by atoms with Gasteiger partial charge in [-0.25, -0.2) is 14.2 Å². The van der Waals surface area contributed by atoms with E-state index >= 15 is 0 Å². The number of urea groups is 1. The van der Waals surface area contributed by atoms with Crippen molar-refractivity contribution < 1.29 is 13.9 Å². The number of aromatic nitrogens is 1. The van der Waals surface area contributed by atoms with Crippen molar-refractivity contribution in [2.45, 2.75) is 45.1 Å². The lowest BCUT2D eigenvalue weighted by Crippen LogP contribution is -2.45. The molecule has 0 spiro atoms. The van der Waals surface area contributed by atoms with Crippen molar-refractivity contribution >= 4 is 22.5 Å². The summed E-state index contributed by atoms with van der Waals surface area (Å²) in [6, 6.07) is 5.05. The Kier molecular flexibility index (Phi) is 6.66. The van der Waals surface area contributed by atoms with Gasteiger partial charge in [-0.2, -0.15) is 0 Å². The molecule has 7 heteroatoms. The van der Waals surface area contributed by atoms with Gasteiger partial charge in [-0.1, -0.05) is 13.0 Å². The number of carbonyl (C=O) groups is 1. The zero-order chi connectivity index (χ0) is 19.2. The van der Waals surface area contributed by atoms with Crippen LogP contribution in [0.3, 0.4) is 0 Å². The Morgan fingerprint density at radius 3 is 2.78 bits per heavy atom. The lowest BCUT2D eigenvalue weighted by atomic mass is 9.86. The number of nitrogens with one attached hydrogen (secondary N) is 1. The van der Waals surface area contributed by atoms with Gasteiger partial charge in [-0.05, 0) is 55.7 Å². The number of nitrogens with zero attached hydrogens (tertiary/aromatic N) is 2. The lowest BCUT2D eigenvalue weighted by Gasteiger charge is -2.36. The highest BCUT2D eigenvalue weighted by Gasteiger charge is 2.27. The number of ether oxygens (including phenoxy) is 1. The summed E-state index contributed by atoms with van der Waals surface area (Å²) in [4.78, 5) is 18.9. The van der Waals surface area contributed by atoms with E-state index in [2.05, 4.69) is 17.2 Å². The Labute approximate surface area is 163 Å².